The molecule has 5 nitrogen and oxygen atoms in total. The molecule has 1 aliphatic carbocycles. The molecule has 1 aliphatic heterocycles. The zero-order chi connectivity index (χ0) is 14.5. The summed E-state index contributed by atoms with van der Waals surface area (Å²) in [6.07, 6.45) is 4.20. The lowest BCUT2D eigenvalue weighted by molar-refractivity contribution is 0.00578. The maximum absolute atomic E-state index is 6.09. The zero-order valence-corrected chi connectivity index (χ0v) is 12.5. The molecule has 2 fully saturated rings. The van der Waals surface area contributed by atoms with Crippen LogP contribution >= 0.6 is 0 Å². The van der Waals surface area contributed by atoms with Crippen molar-refractivity contribution in [3.63, 3.8) is 0 Å². The van der Waals surface area contributed by atoms with Crippen molar-refractivity contribution in [3.8, 4) is 5.88 Å². The molecule has 1 aromatic rings. The average molecular weight is 276 g/mol. The van der Waals surface area contributed by atoms with Crippen LogP contribution in [0.3, 0.4) is 0 Å². The average Bonchev–Trinajstić information content (AvgIpc) is 3.07. The molecule has 1 saturated carbocycles. The van der Waals surface area contributed by atoms with E-state index in [9.17, 15) is 0 Å². The molecule has 0 aromatic carbocycles. The van der Waals surface area contributed by atoms with E-state index in [4.69, 9.17) is 19.8 Å². The molecule has 0 spiro atoms. The second-order valence-corrected chi connectivity index (χ2v) is 6.56. The minimum Gasteiger partial charge on any atom is -0.474 e. The molecule has 1 saturated heterocycles. The Kier molecular flexibility index (Phi) is 2.99. The van der Waals surface area contributed by atoms with Crippen LogP contribution in [0.2, 0.25) is 0 Å². The number of nitrogens with zero attached hydrogens (tertiary/aromatic N) is 1. The van der Waals surface area contributed by atoms with E-state index in [2.05, 4.69) is 4.98 Å². The second-order valence-electron chi connectivity index (χ2n) is 6.56. The van der Waals surface area contributed by atoms with Gasteiger partial charge in [0.1, 0.15) is 6.10 Å². The van der Waals surface area contributed by atoms with Crippen LogP contribution in [0.5, 0.6) is 5.88 Å². The summed E-state index contributed by atoms with van der Waals surface area (Å²) in [5, 5.41) is 0. The van der Waals surface area contributed by atoms with E-state index in [0.29, 0.717) is 17.7 Å². The summed E-state index contributed by atoms with van der Waals surface area (Å²) in [4.78, 5) is 4.30. The fourth-order valence-corrected chi connectivity index (χ4v) is 2.05. The summed E-state index contributed by atoms with van der Waals surface area (Å²) >= 11 is 0. The van der Waals surface area contributed by atoms with Crippen molar-refractivity contribution >= 4 is 18.3 Å². The second kappa shape index (κ2) is 4.36. The first kappa shape index (κ1) is 13.7. The lowest BCUT2D eigenvalue weighted by Crippen LogP contribution is -2.41. The molecule has 2 aliphatic rings. The minimum atomic E-state index is -0.484. The van der Waals surface area contributed by atoms with Gasteiger partial charge in [0.05, 0.1) is 11.2 Å². The van der Waals surface area contributed by atoms with E-state index in [-0.39, 0.29) is 11.2 Å². The first-order valence-corrected chi connectivity index (χ1v) is 7.06. The Labute approximate surface area is 119 Å². The molecule has 0 unspecified atom stereocenters. The van der Waals surface area contributed by atoms with Crippen LogP contribution in [0.4, 0.5) is 5.69 Å². The van der Waals surface area contributed by atoms with Crippen molar-refractivity contribution in [2.24, 2.45) is 0 Å². The normalized spacial score (nSPS) is 23.9. The Morgan fingerprint density at radius 2 is 1.85 bits per heavy atom. The van der Waals surface area contributed by atoms with Crippen LogP contribution in [0.1, 0.15) is 40.5 Å². The van der Waals surface area contributed by atoms with Crippen LogP contribution < -0.4 is 15.9 Å². The van der Waals surface area contributed by atoms with Gasteiger partial charge in [0.2, 0.25) is 5.88 Å². The van der Waals surface area contributed by atoms with Crippen molar-refractivity contribution in [2.45, 2.75) is 57.8 Å². The van der Waals surface area contributed by atoms with Gasteiger partial charge in [0, 0.05) is 23.4 Å². The van der Waals surface area contributed by atoms with Gasteiger partial charge in [-0.15, -0.1) is 0 Å². The first-order valence-electron chi connectivity index (χ1n) is 7.06. The fourth-order valence-electron chi connectivity index (χ4n) is 2.05. The lowest BCUT2D eigenvalue weighted by Gasteiger charge is -2.32. The van der Waals surface area contributed by atoms with Crippen LogP contribution in [0, 0.1) is 0 Å². The van der Waals surface area contributed by atoms with E-state index >= 15 is 0 Å². The van der Waals surface area contributed by atoms with Gasteiger partial charge in [0.15, 0.2) is 0 Å². The van der Waals surface area contributed by atoms with Gasteiger partial charge < -0.3 is 19.8 Å². The monoisotopic (exact) mass is 276 g/mol. The largest absolute Gasteiger partial charge is 0.498 e. The molecule has 6 heteroatoms. The SMILES string of the molecule is CC1(C)OB(c2cnc(OC3CC3)cc2N)OC1(C)C. The molecule has 0 amide bonds. The standard InChI is InChI=1S/C14H21BN2O3/c1-13(2)14(3,4)20-15(19-13)10-8-17-12(7-11(10)16)18-9-5-6-9/h7-9H,5-6H2,1-4H3,(H2,16,17). The third-order valence-corrected chi connectivity index (χ3v) is 4.26. The van der Waals surface area contributed by atoms with Crippen LogP contribution in [0.15, 0.2) is 12.3 Å². The van der Waals surface area contributed by atoms with Crippen LogP contribution in [0.25, 0.3) is 0 Å². The Morgan fingerprint density at radius 1 is 1.25 bits per heavy atom. The van der Waals surface area contributed by atoms with E-state index < -0.39 is 7.12 Å². The number of anilines is 1. The Bertz CT molecular complexity index is 513. The van der Waals surface area contributed by atoms with Crippen molar-refractivity contribution in [3.05, 3.63) is 12.3 Å². The van der Waals surface area contributed by atoms with E-state index in [1.54, 1.807) is 12.3 Å². The van der Waals surface area contributed by atoms with Crippen molar-refractivity contribution in [1.29, 1.82) is 0 Å². The Hall–Kier alpha value is -1.27. The molecule has 0 radical (unpaired) electrons. The van der Waals surface area contributed by atoms with Gasteiger partial charge in [-0.05, 0) is 40.5 Å². The topological polar surface area (TPSA) is 66.6 Å². The van der Waals surface area contributed by atoms with Gasteiger partial charge >= 0.3 is 7.12 Å². The van der Waals surface area contributed by atoms with Crippen LogP contribution in [-0.2, 0) is 9.31 Å². The molecule has 0 atom stereocenters. The number of nitrogens with two attached hydrogens (primary N) is 1. The highest BCUT2D eigenvalue weighted by molar-refractivity contribution is 6.63. The number of pyridine rings is 1. The zero-order valence-electron chi connectivity index (χ0n) is 12.5. The summed E-state index contributed by atoms with van der Waals surface area (Å²) in [6.45, 7) is 8.06. The smallest absolute Gasteiger partial charge is 0.474 e. The van der Waals surface area contributed by atoms with E-state index in [1.807, 2.05) is 27.7 Å². The highest BCUT2D eigenvalue weighted by atomic mass is 16.7. The van der Waals surface area contributed by atoms with Gasteiger partial charge in [-0.1, -0.05) is 0 Å². The van der Waals surface area contributed by atoms with Gasteiger partial charge in [0.25, 0.3) is 0 Å². The summed E-state index contributed by atoms with van der Waals surface area (Å²) in [5.41, 5.74) is 6.68. The maximum Gasteiger partial charge on any atom is 0.498 e. The van der Waals surface area contributed by atoms with Crippen LogP contribution in [-0.4, -0.2) is 29.4 Å². The summed E-state index contributed by atoms with van der Waals surface area (Å²) in [5.74, 6) is 0.574. The molecule has 1 aromatic heterocycles. The molecule has 3 rings (SSSR count). The summed E-state index contributed by atoms with van der Waals surface area (Å²) in [7, 11) is -0.484. The number of aromatic nitrogens is 1. The predicted octanol–water partition coefficient (Wildman–Crippen LogP) is 1.50. The lowest BCUT2D eigenvalue weighted by atomic mass is 9.79. The van der Waals surface area contributed by atoms with E-state index in [1.165, 1.54) is 0 Å². The number of hydrogen-bond acceptors (Lipinski definition) is 5. The number of rotatable bonds is 3. The van der Waals surface area contributed by atoms with Gasteiger partial charge in [-0.25, -0.2) is 4.98 Å². The van der Waals surface area contributed by atoms with Gasteiger partial charge in [-0.2, -0.15) is 0 Å². The fraction of sp³-hybridized carbons (Fsp3) is 0.643. The van der Waals surface area contributed by atoms with Gasteiger partial charge in [-0.3, -0.25) is 0 Å². The molecule has 2 heterocycles. The molecule has 20 heavy (non-hydrogen) atoms. The quantitative estimate of drug-likeness (QED) is 0.847. The van der Waals surface area contributed by atoms with Crippen molar-refractivity contribution in [2.75, 3.05) is 5.73 Å². The number of nitrogen functional groups attached to an aromatic ring is 1. The Balaban J connectivity index is 1.80. The van der Waals surface area contributed by atoms with Crippen molar-refractivity contribution in [1.82, 2.24) is 4.98 Å². The molecule has 108 valence electrons. The molecular weight excluding hydrogens is 255 g/mol. The third kappa shape index (κ3) is 2.38. The summed E-state index contributed by atoms with van der Waals surface area (Å²) in [6, 6.07) is 1.75. The first-order chi connectivity index (χ1) is 9.28. The maximum atomic E-state index is 6.09. The highest BCUT2D eigenvalue weighted by Crippen LogP contribution is 2.37. The molecular formula is C14H21BN2O3. The number of ether oxygens (including phenoxy) is 1. The van der Waals surface area contributed by atoms with Crippen molar-refractivity contribution < 1.29 is 14.0 Å². The third-order valence-electron chi connectivity index (χ3n) is 4.26. The summed E-state index contributed by atoms with van der Waals surface area (Å²) < 4.78 is 17.6. The number of hydrogen-bond donors (Lipinski definition) is 1. The van der Waals surface area contributed by atoms with E-state index in [0.717, 1.165) is 18.3 Å². The minimum absolute atomic E-state index is 0.310. The highest BCUT2D eigenvalue weighted by Gasteiger charge is 2.52. The molecule has 0 bridgehead atoms. The molecule has 2 N–H and O–H groups in total. The Morgan fingerprint density at radius 3 is 2.35 bits per heavy atom. The predicted molar refractivity (Wildman–Crippen MR) is 78.0 cm³/mol.